The summed E-state index contributed by atoms with van der Waals surface area (Å²) in [5.74, 6) is -2.04. The Kier molecular flexibility index (Phi) is 4.67. The largest absolute Gasteiger partial charge is 0.466 e. The standard InChI is InChI=1S/C19H12F2N2O3/c1-22-17-9-11(3-5-14(17)20)26-19-13(4-6-18(24)25-2)12-7-8-23-16(12)10-15(19)21/h3-10,23H,2H3/b6-4+. The molecule has 0 atom stereocenters. The molecule has 3 aromatic rings. The fraction of sp³-hybridized carbons (Fsp3) is 0.0526. The summed E-state index contributed by atoms with van der Waals surface area (Å²) in [5.41, 5.74) is 0.581. The van der Waals surface area contributed by atoms with Crippen molar-refractivity contribution in [3.8, 4) is 11.5 Å². The summed E-state index contributed by atoms with van der Waals surface area (Å²) < 4.78 is 38.2. The molecule has 0 radical (unpaired) electrons. The van der Waals surface area contributed by atoms with Crippen molar-refractivity contribution < 1.29 is 23.0 Å². The van der Waals surface area contributed by atoms with E-state index in [1.807, 2.05) is 0 Å². The highest BCUT2D eigenvalue weighted by Crippen LogP contribution is 2.36. The number of carbonyl (C=O) groups excluding carboxylic acids is 1. The van der Waals surface area contributed by atoms with E-state index < -0.39 is 17.6 Å². The molecule has 0 aliphatic carbocycles. The number of fused-ring (bicyclic) bond motifs is 1. The molecule has 0 bridgehead atoms. The molecule has 0 aliphatic rings. The predicted molar refractivity (Wildman–Crippen MR) is 92.0 cm³/mol. The van der Waals surface area contributed by atoms with Crippen LogP contribution in [-0.4, -0.2) is 18.1 Å². The third-order valence-electron chi connectivity index (χ3n) is 3.65. The number of aromatic amines is 1. The van der Waals surface area contributed by atoms with Crippen LogP contribution >= 0.6 is 0 Å². The Morgan fingerprint density at radius 3 is 2.77 bits per heavy atom. The Morgan fingerprint density at radius 1 is 1.23 bits per heavy atom. The van der Waals surface area contributed by atoms with Crippen molar-refractivity contribution in [1.82, 2.24) is 4.98 Å². The van der Waals surface area contributed by atoms with E-state index in [1.165, 1.54) is 31.4 Å². The summed E-state index contributed by atoms with van der Waals surface area (Å²) in [4.78, 5) is 17.3. The monoisotopic (exact) mass is 354 g/mol. The number of ether oxygens (including phenoxy) is 2. The van der Waals surface area contributed by atoms with Crippen molar-refractivity contribution in [2.75, 3.05) is 7.11 Å². The first-order chi connectivity index (χ1) is 12.5. The minimum atomic E-state index is -0.695. The van der Waals surface area contributed by atoms with E-state index in [0.29, 0.717) is 16.5 Å². The van der Waals surface area contributed by atoms with Gasteiger partial charge < -0.3 is 14.5 Å². The minimum Gasteiger partial charge on any atom is -0.466 e. The third kappa shape index (κ3) is 3.26. The molecular weight excluding hydrogens is 342 g/mol. The summed E-state index contributed by atoms with van der Waals surface area (Å²) in [6.07, 6.45) is 4.14. The molecule has 1 aromatic heterocycles. The Labute approximate surface area is 147 Å². The van der Waals surface area contributed by atoms with Gasteiger partial charge in [-0.3, -0.25) is 0 Å². The molecule has 130 valence electrons. The van der Waals surface area contributed by atoms with Crippen LogP contribution in [0, 0.1) is 18.2 Å². The first-order valence-corrected chi connectivity index (χ1v) is 7.44. The first-order valence-electron chi connectivity index (χ1n) is 7.44. The number of carbonyl (C=O) groups is 1. The van der Waals surface area contributed by atoms with Gasteiger partial charge in [-0.25, -0.2) is 18.4 Å². The number of methoxy groups -OCH3 is 1. The molecule has 0 fully saturated rings. The fourth-order valence-electron chi connectivity index (χ4n) is 2.43. The number of hydrogen-bond donors (Lipinski definition) is 1. The summed E-state index contributed by atoms with van der Waals surface area (Å²) in [6, 6.07) is 6.49. The van der Waals surface area contributed by atoms with Crippen molar-refractivity contribution >= 4 is 28.6 Å². The zero-order valence-corrected chi connectivity index (χ0v) is 13.5. The molecule has 0 amide bonds. The zero-order valence-electron chi connectivity index (χ0n) is 13.5. The number of nitrogens with zero attached hydrogens (tertiary/aromatic N) is 1. The van der Waals surface area contributed by atoms with Crippen LogP contribution < -0.4 is 4.74 Å². The van der Waals surface area contributed by atoms with Crippen LogP contribution in [0.15, 0.2) is 42.6 Å². The van der Waals surface area contributed by atoms with Gasteiger partial charge in [-0.05, 0) is 30.3 Å². The number of nitrogens with one attached hydrogen (secondary N) is 1. The second-order valence-corrected chi connectivity index (χ2v) is 5.22. The van der Waals surface area contributed by atoms with Crippen LogP contribution in [0.25, 0.3) is 21.8 Å². The molecule has 0 aliphatic heterocycles. The first kappa shape index (κ1) is 17.2. The number of esters is 1. The highest BCUT2D eigenvalue weighted by atomic mass is 19.1. The fourth-order valence-corrected chi connectivity index (χ4v) is 2.43. The molecule has 0 saturated heterocycles. The maximum atomic E-state index is 14.6. The maximum absolute atomic E-state index is 14.6. The lowest BCUT2D eigenvalue weighted by Gasteiger charge is -2.12. The van der Waals surface area contributed by atoms with E-state index in [9.17, 15) is 13.6 Å². The third-order valence-corrected chi connectivity index (χ3v) is 3.65. The van der Waals surface area contributed by atoms with Gasteiger partial charge in [0.25, 0.3) is 0 Å². The van der Waals surface area contributed by atoms with Crippen molar-refractivity contribution in [2.24, 2.45) is 0 Å². The molecular formula is C19H12F2N2O3. The maximum Gasteiger partial charge on any atom is 0.330 e. The SMILES string of the molecule is [C-]#[N+]c1cc(Oc2c(F)cc3[nH]ccc3c2/C=C/C(=O)OC)ccc1F. The number of hydrogen-bond acceptors (Lipinski definition) is 3. The lowest BCUT2D eigenvalue weighted by atomic mass is 10.1. The molecule has 0 spiro atoms. The van der Waals surface area contributed by atoms with Gasteiger partial charge in [0.1, 0.15) is 11.6 Å². The molecule has 1 N–H and O–H groups in total. The summed E-state index contributed by atoms with van der Waals surface area (Å²) >= 11 is 0. The van der Waals surface area contributed by atoms with Gasteiger partial charge in [-0.1, -0.05) is 0 Å². The number of halogens is 2. The lowest BCUT2D eigenvalue weighted by Crippen LogP contribution is -1.96. The van der Waals surface area contributed by atoms with Gasteiger partial charge >= 0.3 is 5.97 Å². The molecule has 3 rings (SSSR count). The minimum absolute atomic E-state index is 0.0962. The number of aromatic nitrogens is 1. The molecule has 0 unspecified atom stereocenters. The molecule has 2 aromatic carbocycles. The van der Waals surface area contributed by atoms with E-state index in [-0.39, 0.29) is 17.2 Å². The molecule has 1 heterocycles. The van der Waals surface area contributed by atoms with E-state index >= 15 is 0 Å². The van der Waals surface area contributed by atoms with Gasteiger partial charge in [0.05, 0.1) is 13.7 Å². The van der Waals surface area contributed by atoms with Gasteiger partial charge in [0.2, 0.25) is 5.69 Å². The van der Waals surface area contributed by atoms with Crippen molar-refractivity contribution in [1.29, 1.82) is 0 Å². The van der Waals surface area contributed by atoms with Crippen LogP contribution in [0.4, 0.5) is 14.5 Å². The summed E-state index contributed by atoms with van der Waals surface area (Å²) in [5, 5.41) is 0.620. The number of rotatable bonds is 4. The Hall–Kier alpha value is -3.66. The summed E-state index contributed by atoms with van der Waals surface area (Å²) in [7, 11) is 1.23. The van der Waals surface area contributed by atoms with Crippen LogP contribution in [0.1, 0.15) is 5.56 Å². The quantitative estimate of drug-likeness (QED) is 0.409. The molecule has 0 saturated carbocycles. The van der Waals surface area contributed by atoms with Crippen LogP contribution in [0.3, 0.4) is 0 Å². The summed E-state index contributed by atoms with van der Waals surface area (Å²) in [6.45, 7) is 6.96. The van der Waals surface area contributed by atoms with Gasteiger partial charge in [-0.2, -0.15) is 0 Å². The van der Waals surface area contributed by atoms with E-state index in [1.54, 1.807) is 12.3 Å². The second-order valence-electron chi connectivity index (χ2n) is 5.22. The van der Waals surface area contributed by atoms with Gasteiger partial charge in [0, 0.05) is 34.8 Å². The van der Waals surface area contributed by atoms with Crippen LogP contribution in [0.5, 0.6) is 11.5 Å². The number of H-pyrrole nitrogens is 1. The van der Waals surface area contributed by atoms with E-state index in [0.717, 1.165) is 12.1 Å². The normalized spacial score (nSPS) is 10.8. The van der Waals surface area contributed by atoms with Gasteiger partial charge in [-0.15, -0.1) is 0 Å². The Bertz CT molecular complexity index is 1060. The van der Waals surface area contributed by atoms with E-state index in [2.05, 4.69) is 14.6 Å². The lowest BCUT2D eigenvalue weighted by molar-refractivity contribution is -0.134. The van der Waals surface area contributed by atoms with Crippen molar-refractivity contribution in [3.63, 3.8) is 0 Å². The molecule has 7 heteroatoms. The van der Waals surface area contributed by atoms with Crippen molar-refractivity contribution in [2.45, 2.75) is 0 Å². The van der Waals surface area contributed by atoms with Crippen LogP contribution in [-0.2, 0) is 9.53 Å². The molecule has 26 heavy (non-hydrogen) atoms. The van der Waals surface area contributed by atoms with Crippen LogP contribution in [0.2, 0.25) is 0 Å². The smallest absolute Gasteiger partial charge is 0.330 e. The number of benzene rings is 2. The zero-order chi connectivity index (χ0) is 18.7. The molecule has 5 nitrogen and oxygen atoms in total. The average Bonchev–Trinajstić information content (AvgIpc) is 3.10. The Morgan fingerprint density at radius 2 is 2.04 bits per heavy atom. The highest BCUT2D eigenvalue weighted by molar-refractivity contribution is 5.96. The topological polar surface area (TPSA) is 55.7 Å². The van der Waals surface area contributed by atoms with Gasteiger partial charge in [0.15, 0.2) is 11.6 Å². The predicted octanol–water partition coefficient (Wildman–Crippen LogP) is 4.98. The van der Waals surface area contributed by atoms with E-state index in [4.69, 9.17) is 11.3 Å². The average molecular weight is 354 g/mol. The second kappa shape index (κ2) is 7.07. The van der Waals surface area contributed by atoms with Crippen molar-refractivity contribution in [3.05, 3.63) is 71.2 Å². The Balaban J connectivity index is 2.12. The highest BCUT2D eigenvalue weighted by Gasteiger charge is 2.16.